The molecule has 0 aliphatic carbocycles. The van der Waals surface area contributed by atoms with Gasteiger partial charge in [-0.1, -0.05) is 6.92 Å². The van der Waals surface area contributed by atoms with Gasteiger partial charge in [0.1, 0.15) is 15.7 Å². The number of anilines is 1. The van der Waals surface area contributed by atoms with Crippen molar-refractivity contribution in [2.45, 2.75) is 38.6 Å². The van der Waals surface area contributed by atoms with Crippen LogP contribution in [0, 0.1) is 0 Å². The number of rotatable bonds is 4. The Kier molecular flexibility index (Phi) is 3.98. The van der Waals surface area contributed by atoms with Crippen molar-refractivity contribution in [2.75, 3.05) is 16.8 Å². The van der Waals surface area contributed by atoms with Crippen molar-refractivity contribution < 1.29 is 8.42 Å². The molecule has 1 saturated heterocycles. The molecule has 0 aromatic carbocycles. The van der Waals surface area contributed by atoms with E-state index in [0.717, 1.165) is 23.8 Å². The average molecular weight is 275 g/mol. The van der Waals surface area contributed by atoms with Gasteiger partial charge < -0.3 is 5.32 Å². The predicted octanol–water partition coefficient (Wildman–Crippen LogP) is 1.48. The minimum atomic E-state index is -2.78. The molecule has 0 unspecified atom stereocenters. The van der Waals surface area contributed by atoms with Gasteiger partial charge in [0.05, 0.1) is 11.5 Å². The molecule has 1 aromatic heterocycles. The van der Waals surface area contributed by atoms with E-state index < -0.39 is 9.84 Å². The van der Waals surface area contributed by atoms with Gasteiger partial charge in [-0.2, -0.15) is 4.37 Å². The maximum absolute atomic E-state index is 11.3. The molecular weight excluding hydrogens is 258 g/mol. The summed E-state index contributed by atoms with van der Waals surface area (Å²) in [5.41, 5.74) is 0. The van der Waals surface area contributed by atoms with Gasteiger partial charge in [0.15, 0.2) is 0 Å². The first-order valence-electron chi connectivity index (χ1n) is 5.88. The number of hydrogen-bond acceptors (Lipinski definition) is 6. The highest BCUT2D eigenvalue weighted by Gasteiger charge is 2.24. The Morgan fingerprint density at radius 3 is 2.76 bits per heavy atom. The minimum absolute atomic E-state index is 0.223. The van der Waals surface area contributed by atoms with Crippen LogP contribution in [0.3, 0.4) is 0 Å². The standard InChI is InChI=1S/C10H17N3O2S2/c1-2-3-9-12-10(16-13-9)11-8-4-6-17(14,15)7-5-8/h8H,2-7H2,1H3,(H,11,12,13). The molecule has 0 amide bonds. The van der Waals surface area contributed by atoms with Gasteiger partial charge in [0.25, 0.3) is 0 Å². The van der Waals surface area contributed by atoms with E-state index in [0.29, 0.717) is 12.8 Å². The van der Waals surface area contributed by atoms with Gasteiger partial charge in [-0.3, -0.25) is 0 Å². The number of aromatic nitrogens is 2. The second-order valence-corrected chi connectivity index (χ2v) is 7.39. The summed E-state index contributed by atoms with van der Waals surface area (Å²) < 4.78 is 26.8. The molecule has 0 radical (unpaired) electrons. The van der Waals surface area contributed by atoms with Crippen molar-refractivity contribution in [1.29, 1.82) is 0 Å². The molecule has 1 aliphatic heterocycles. The highest BCUT2D eigenvalue weighted by atomic mass is 32.2. The maximum Gasteiger partial charge on any atom is 0.202 e. The number of nitrogens with zero attached hydrogens (tertiary/aromatic N) is 2. The number of nitrogens with one attached hydrogen (secondary N) is 1. The zero-order valence-corrected chi connectivity index (χ0v) is 11.5. The van der Waals surface area contributed by atoms with E-state index in [9.17, 15) is 8.42 Å². The second kappa shape index (κ2) is 5.30. The normalized spacial score (nSPS) is 20.3. The minimum Gasteiger partial charge on any atom is -0.357 e. The summed E-state index contributed by atoms with van der Waals surface area (Å²) in [5.74, 6) is 1.44. The number of aryl methyl sites for hydroxylation is 1. The summed E-state index contributed by atoms with van der Waals surface area (Å²) in [6, 6.07) is 0.223. The van der Waals surface area contributed by atoms with Crippen LogP contribution in [0.25, 0.3) is 0 Å². The van der Waals surface area contributed by atoms with Crippen molar-refractivity contribution in [3.8, 4) is 0 Å². The Morgan fingerprint density at radius 2 is 2.12 bits per heavy atom. The van der Waals surface area contributed by atoms with Gasteiger partial charge in [0, 0.05) is 24.0 Å². The molecule has 7 heteroatoms. The fourth-order valence-corrected chi connectivity index (χ4v) is 4.03. The first-order chi connectivity index (χ1) is 8.09. The van der Waals surface area contributed by atoms with E-state index in [1.165, 1.54) is 11.5 Å². The van der Waals surface area contributed by atoms with Crippen LogP contribution in [0.4, 0.5) is 5.13 Å². The molecule has 96 valence electrons. The smallest absolute Gasteiger partial charge is 0.202 e. The Hall–Kier alpha value is -0.690. The van der Waals surface area contributed by atoms with Crippen LogP contribution in [0.2, 0.25) is 0 Å². The van der Waals surface area contributed by atoms with Crippen LogP contribution < -0.4 is 5.32 Å². The number of hydrogen-bond donors (Lipinski definition) is 1. The fraction of sp³-hybridized carbons (Fsp3) is 0.800. The molecule has 5 nitrogen and oxygen atoms in total. The van der Waals surface area contributed by atoms with E-state index >= 15 is 0 Å². The lowest BCUT2D eigenvalue weighted by atomic mass is 10.2. The largest absolute Gasteiger partial charge is 0.357 e. The molecule has 1 N–H and O–H groups in total. The van der Waals surface area contributed by atoms with E-state index in [-0.39, 0.29) is 17.5 Å². The first-order valence-corrected chi connectivity index (χ1v) is 8.48. The molecule has 2 rings (SSSR count). The third kappa shape index (κ3) is 3.64. The zero-order valence-electron chi connectivity index (χ0n) is 9.85. The van der Waals surface area contributed by atoms with Crippen LogP contribution in [0.15, 0.2) is 0 Å². The zero-order chi connectivity index (χ0) is 12.3. The van der Waals surface area contributed by atoms with E-state index in [2.05, 4.69) is 21.6 Å². The van der Waals surface area contributed by atoms with Gasteiger partial charge in [-0.05, 0) is 19.3 Å². The van der Waals surface area contributed by atoms with E-state index in [1.807, 2.05) is 0 Å². The maximum atomic E-state index is 11.3. The van der Waals surface area contributed by atoms with Crippen molar-refractivity contribution >= 4 is 26.5 Å². The van der Waals surface area contributed by atoms with E-state index in [1.54, 1.807) is 0 Å². The molecule has 0 bridgehead atoms. The van der Waals surface area contributed by atoms with Crippen molar-refractivity contribution in [3.63, 3.8) is 0 Å². The first kappa shape index (κ1) is 12.8. The van der Waals surface area contributed by atoms with Crippen LogP contribution in [0.1, 0.15) is 32.0 Å². The van der Waals surface area contributed by atoms with Gasteiger partial charge in [0.2, 0.25) is 5.13 Å². The van der Waals surface area contributed by atoms with Crippen molar-refractivity contribution in [2.24, 2.45) is 0 Å². The molecule has 2 heterocycles. The second-order valence-electron chi connectivity index (χ2n) is 4.34. The topological polar surface area (TPSA) is 72.0 Å². The molecule has 0 saturated carbocycles. The average Bonchev–Trinajstić information content (AvgIpc) is 2.70. The SMILES string of the molecule is CCCc1nsc(NC2CCS(=O)(=O)CC2)n1. The van der Waals surface area contributed by atoms with E-state index in [4.69, 9.17) is 0 Å². The van der Waals surface area contributed by atoms with Gasteiger partial charge in [-0.15, -0.1) is 0 Å². The molecule has 0 atom stereocenters. The van der Waals surface area contributed by atoms with Crippen LogP contribution in [-0.4, -0.2) is 35.3 Å². The Morgan fingerprint density at radius 1 is 1.41 bits per heavy atom. The number of sulfone groups is 1. The predicted molar refractivity (Wildman–Crippen MR) is 69.2 cm³/mol. The summed E-state index contributed by atoms with van der Waals surface area (Å²) in [7, 11) is -2.78. The molecule has 1 aliphatic rings. The van der Waals surface area contributed by atoms with Crippen LogP contribution >= 0.6 is 11.5 Å². The Bertz CT molecular complexity index is 456. The van der Waals surface area contributed by atoms with Gasteiger partial charge >= 0.3 is 0 Å². The third-order valence-corrected chi connectivity index (χ3v) is 5.22. The monoisotopic (exact) mass is 275 g/mol. The lowest BCUT2D eigenvalue weighted by molar-refractivity contribution is 0.559. The molecule has 1 aromatic rings. The molecule has 0 spiro atoms. The summed E-state index contributed by atoms with van der Waals surface area (Å²) in [6.45, 7) is 2.10. The lowest BCUT2D eigenvalue weighted by Crippen LogP contribution is -2.32. The van der Waals surface area contributed by atoms with Crippen molar-refractivity contribution in [3.05, 3.63) is 5.82 Å². The molecule has 1 fully saturated rings. The third-order valence-electron chi connectivity index (χ3n) is 2.82. The quantitative estimate of drug-likeness (QED) is 0.901. The molecular formula is C10H17N3O2S2. The van der Waals surface area contributed by atoms with Gasteiger partial charge in [-0.25, -0.2) is 13.4 Å². The summed E-state index contributed by atoms with van der Waals surface area (Å²) in [4.78, 5) is 4.38. The Balaban J connectivity index is 1.88. The van der Waals surface area contributed by atoms with Crippen molar-refractivity contribution in [1.82, 2.24) is 9.36 Å². The van der Waals surface area contributed by atoms with Crippen LogP contribution in [0.5, 0.6) is 0 Å². The summed E-state index contributed by atoms with van der Waals surface area (Å²) in [5, 5.41) is 4.10. The lowest BCUT2D eigenvalue weighted by Gasteiger charge is -2.22. The Labute approximate surface area is 106 Å². The molecule has 17 heavy (non-hydrogen) atoms. The van der Waals surface area contributed by atoms with Crippen LogP contribution in [-0.2, 0) is 16.3 Å². The highest BCUT2D eigenvalue weighted by Crippen LogP contribution is 2.19. The summed E-state index contributed by atoms with van der Waals surface area (Å²) >= 11 is 1.36. The summed E-state index contributed by atoms with van der Waals surface area (Å²) in [6.07, 6.45) is 3.28. The highest BCUT2D eigenvalue weighted by molar-refractivity contribution is 7.91. The fourth-order valence-electron chi connectivity index (χ4n) is 1.85.